The number of hydrogen-bond acceptors (Lipinski definition) is 5. The molecular weight excluding hydrogens is 467 g/mol. The largest absolute Gasteiger partial charge is 0.355 e. The number of carbonyl (C=O) groups is 1. The molecule has 0 spiro atoms. The number of hydrogen-bond donors (Lipinski definition) is 1. The molecule has 178 valence electrons. The zero-order valence-corrected chi connectivity index (χ0v) is 19.9. The van der Waals surface area contributed by atoms with Gasteiger partial charge in [-0.3, -0.25) is 4.79 Å². The van der Waals surface area contributed by atoms with Gasteiger partial charge in [0.25, 0.3) is 0 Å². The quantitative estimate of drug-likeness (QED) is 0.663. The van der Waals surface area contributed by atoms with Crippen LogP contribution in [0.3, 0.4) is 0 Å². The standard InChI is InChI=1S/C23H28ClFN4O3S/c24-19-15-17(6-7-20(19)25)16-27-23(30)18-8-13-28(14-9-18)22-21(5-4-10-26-22)33(31,32)29-11-2-1-3-12-29/h4-7,10,15,18H,1-3,8-9,11-14,16H2,(H,27,30). The zero-order chi connectivity index (χ0) is 23.4. The van der Waals surface area contributed by atoms with Crippen molar-refractivity contribution in [2.24, 2.45) is 5.92 Å². The number of carbonyl (C=O) groups excluding carboxylic acids is 1. The number of piperidine rings is 2. The fourth-order valence-corrected chi connectivity index (χ4v) is 6.29. The van der Waals surface area contributed by atoms with Crippen molar-refractivity contribution in [3.8, 4) is 0 Å². The van der Waals surface area contributed by atoms with Gasteiger partial charge in [0.05, 0.1) is 5.02 Å². The van der Waals surface area contributed by atoms with Crippen molar-refractivity contribution in [3.05, 3.63) is 52.9 Å². The van der Waals surface area contributed by atoms with Gasteiger partial charge in [-0.25, -0.2) is 17.8 Å². The summed E-state index contributed by atoms with van der Waals surface area (Å²) in [5.41, 5.74) is 0.730. The fraction of sp³-hybridized carbons (Fsp3) is 0.478. The molecule has 2 aromatic rings. The Kier molecular flexibility index (Phi) is 7.51. The van der Waals surface area contributed by atoms with Crippen molar-refractivity contribution < 1.29 is 17.6 Å². The van der Waals surface area contributed by atoms with E-state index in [9.17, 15) is 17.6 Å². The first kappa shape index (κ1) is 23.9. The van der Waals surface area contributed by atoms with Crippen molar-refractivity contribution in [3.63, 3.8) is 0 Å². The maximum Gasteiger partial charge on any atom is 0.246 e. The van der Waals surface area contributed by atoms with Crippen LogP contribution in [0.5, 0.6) is 0 Å². The van der Waals surface area contributed by atoms with Gasteiger partial charge in [0.1, 0.15) is 16.5 Å². The third-order valence-electron chi connectivity index (χ3n) is 6.30. The van der Waals surface area contributed by atoms with E-state index in [1.165, 1.54) is 12.1 Å². The van der Waals surface area contributed by atoms with E-state index in [1.54, 1.807) is 28.7 Å². The summed E-state index contributed by atoms with van der Waals surface area (Å²) in [6, 6.07) is 7.66. The molecule has 2 fully saturated rings. The molecule has 3 heterocycles. The summed E-state index contributed by atoms with van der Waals surface area (Å²) in [5, 5.41) is 2.92. The van der Waals surface area contributed by atoms with Gasteiger partial charge in [-0.05, 0) is 55.5 Å². The molecule has 1 aromatic heterocycles. The highest BCUT2D eigenvalue weighted by Gasteiger charge is 2.32. The normalized spacial score (nSPS) is 18.3. The molecule has 7 nitrogen and oxygen atoms in total. The van der Waals surface area contributed by atoms with Crippen LogP contribution in [0.1, 0.15) is 37.7 Å². The van der Waals surface area contributed by atoms with E-state index in [0.29, 0.717) is 44.8 Å². The molecule has 10 heteroatoms. The SMILES string of the molecule is O=C(NCc1ccc(F)c(Cl)c1)C1CCN(c2ncccc2S(=O)(=O)N2CCCCC2)CC1. The van der Waals surface area contributed by atoms with Crippen molar-refractivity contribution >= 4 is 33.3 Å². The molecule has 4 rings (SSSR count). The molecule has 1 N–H and O–H groups in total. The molecule has 0 unspecified atom stereocenters. The van der Waals surface area contributed by atoms with Gasteiger partial charge in [0.2, 0.25) is 15.9 Å². The molecule has 33 heavy (non-hydrogen) atoms. The van der Waals surface area contributed by atoms with Crippen LogP contribution < -0.4 is 10.2 Å². The Labute approximate surface area is 199 Å². The number of benzene rings is 1. The molecule has 2 saturated heterocycles. The van der Waals surface area contributed by atoms with E-state index >= 15 is 0 Å². The first-order valence-electron chi connectivity index (χ1n) is 11.3. The second-order valence-corrected chi connectivity index (χ2v) is 10.8. The predicted molar refractivity (Wildman–Crippen MR) is 125 cm³/mol. The van der Waals surface area contributed by atoms with Gasteiger partial charge in [-0.1, -0.05) is 24.1 Å². The van der Waals surface area contributed by atoms with E-state index in [2.05, 4.69) is 10.3 Å². The zero-order valence-electron chi connectivity index (χ0n) is 18.3. The van der Waals surface area contributed by atoms with Crippen molar-refractivity contribution in [1.29, 1.82) is 0 Å². The van der Waals surface area contributed by atoms with Crippen LogP contribution in [0.15, 0.2) is 41.4 Å². The number of anilines is 1. The molecule has 2 aliphatic heterocycles. The van der Waals surface area contributed by atoms with E-state index in [0.717, 1.165) is 24.8 Å². The van der Waals surface area contributed by atoms with E-state index < -0.39 is 15.8 Å². The van der Waals surface area contributed by atoms with Gasteiger partial charge in [0.15, 0.2) is 0 Å². The molecule has 0 atom stereocenters. The summed E-state index contributed by atoms with van der Waals surface area (Å²) in [5.74, 6) is -0.279. The number of nitrogens with zero attached hydrogens (tertiary/aromatic N) is 3. The second-order valence-electron chi connectivity index (χ2n) is 8.52. The number of aromatic nitrogens is 1. The molecule has 1 amide bonds. The Hall–Kier alpha value is -2.23. The molecule has 2 aliphatic rings. The van der Waals surface area contributed by atoms with Crippen LogP contribution in [0.2, 0.25) is 5.02 Å². The second kappa shape index (κ2) is 10.4. The van der Waals surface area contributed by atoms with Crippen LogP contribution in [0.4, 0.5) is 10.2 Å². The lowest BCUT2D eigenvalue weighted by molar-refractivity contribution is -0.125. The van der Waals surface area contributed by atoms with E-state index in [-0.39, 0.29) is 28.3 Å². The summed E-state index contributed by atoms with van der Waals surface area (Å²) in [4.78, 5) is 19.2. The molecule has 1 aromatic carbocycles. The molecule has 0 bridgehead atoms. The van der Waals surface area contributed by atoms with Gasteiger partial charge in [0, 0.05) is 44.8 Å². The summed E-state index contributed by atoms with van der Waals surface area (Å²) in [6.07, 6.45) is 5.59. The maximum absolute atomic E-state index is 13.3. The smallest absolute Gasteiger partial charge is 0.246 e. The Morgan fingerprint density at radius 3 is 2.55 bits per heavy atom. The third-order valence-corrected chi connectivity index (χ3v) is 8.51. The summed E-state index contributed by atoms with van der Waals surface area (Å²) < 4.78 is 41.4. The predicted octanol–water partition coefficient (Wildman–Crippen LogP) is 3.58. The van der Waals surface area contributed by atoms with Gasteiger partial charge in [-0.15, -0.1) is 0 Å². The van der Waals surface area contributed by atoms with Crippen molar-refractivity contribution in [2.45, 2.75) is 43.5 Å². The first-order valence-corrected chi connectivity index (χ1v) is 13.1. The Morgan fingerprint density at radius 1 is 1.12 bits per heavy atom. The lowest BCUT2D eigenvalue weighted by Gasteiger charge is -2.34. The number of rotatable bonds is 6. The Morgan fingerprint density at radius 2 is 1.85 bits per heavy atom. The molecule has 0 saturated carbocycles. The number of pyridine rings is 1. The third kappa shape index (κ3) is 5.47. The van der Waals surface area contributed by atoms with Crippen molar-refractivity contribution in [1.82, 2.24) is 14.6 Å². The van der Waals surface area contributed by atoms with Crippen LogP contribution in [-0.2, 0) is 21.4 Å². The summed E-state index contributed by atoms with van der Waals surface area (Å²) in [7, 11) is -3.61. The molecule has 0 aliphatic carbocycles. The minimum absolute atomic E-state index is 0.0285. The first-order chi connectivity index (χ1) is 15.9. The summed E-state index contributed by atoms with van der Waals surface area (Å²) >= 11 is 5.80. The number of amides is 1. The molecule has 0 radical (unpaired) electrons. The number of halogens is 2. The van der Waals surface area contributed by atoms with Gasteiger partial charge in [-0.2, -0.15) is 4.31 Å². The average molecular weight is 495 g/mol. The topological polar surface area (TPSA) is 82.6 Å². The highest BCUT2D eigenvalue weighted by molar-refractivity contribution is 7.89. The van der Waals surface area contributed by atoms with Crippen LogP contribution >= 0.6 is 11.6 Å². The lowest BCUT2D eigenvalue weighted by Crippen LogP contribution is -2.42. The molecular formula is C23H28ClFN4O3S. The minimum Gasteiger partial charge on any atom is -0.355 e. The minimum atomic E-state index is -3.61. The maximum atomic E-state index is 13.3. The monoisotopic (exact) mass is 494 g/mol. The fourth-order valence-electron chi connectivity index (χ4n) is 4.40. The van der Waals surface area contributed by atoms with Crippen LogP contribution in [0.25, 0.3) is 0 Å². The Balaban J connectivity index is 1.38. The van der Waals surface area contributed by atoms with Gasteiger partial charge < -0.3 is 10.2 Å². The number of sulfonamides is 1. The van der Waals surface area contributed by atoms with Crippen LogP contribution in [-0.4, -0.2) is 49.8 Å². The highest BCUT2D eigenvalue weighted by atomic mass is 35.5. The van der Waals surface area contributed by atoms with E-state index in [4.69, 9.17) is 11.6 Å². The highest BCUT2D eigenvalue weighted by Crippen LogP contribution is 2.30. The Bertz CT molecular complexity index is 1100. The lowest BCUT2D eigenvalue weighted by atomic mass is 9.96. The van der Waals surface area contributed by atoms with Gasteiger partial charge >= 0.3 is 0 Å². The van der Waals surface area contributed by atoms with Crippen molar-refractivity contribution in [2.75, 3.05) is 31.1 Å². The average Bonchev–Trinajstić information content (AvgIpc) is 2.85. The summed E-state index contributed by atoms with van der Waals surface area (Å²) in [6.45, 7) is 2.44. The van der Waals surface area contributed by atoms with E-state index in [1.807, 2.05) is 4.90 Å². The van der Waals surface area contributed by atoms with Crippen LogP contribution in [0, 0.1) is 11.7 Å². The number of nitrogens with one attached hydrogen (secondary N) is 1.